The van der Waals surface area contributed by atoms with Gasteiger partial charge in [-0.25, -0.2) is 0 Å². The highest BCUT2D eigenvalue weighted by Crippen LogP contribution is 2.17. The molecule has 5 heteroatoms. The van der Waals surface area contributed by atoms with E-state index in [4.69, 9.17) is 32.2 Å². The molecule has 0 fully saturated rings. The molecular weight excluding hydrogens is 262 g/mol. The molecule has 106 valence electrons. The fraction of sp³-hybridized carbons (Fsp3) is 0.500. The number of thiocarbonyl (C=S) groups is 1. The molecule has 0 radical (unpaired) electrons. The molecule has 0 saturated carbocycles. The summed E-state index contributed by atoms with van der Waals surface area (Å²) in [6.45, 7) is 6.12. The van der Waals surface area contributed by atoms with E-state index in [2.05, 4.69) is 0 Å². The minimum absolute atomic E-state index is 0.234. The van der Waals surface area contributed by atoms with Crippen molar-refractivity contribution in [3.63, 3.8) is 0 Å². The van der Waals surface area contributed by atoms with Crippen molar-refractivity contribution >= 4 is 17.2 Å². The van der Waals surface area contributed by atoms with Crippen molar-refractivity contribution < 1.29 is 14.2 Å². The molecule has 0 amide bonds. The van der Waals surface area contributed by atoms with E-state index in [0.717, 1.165) is 5.56 Å². The third-order valence-electron chi connectivity index (χ3n) is 2.32. The van der Waals surface area contributed by atoms with Gasteiger partial charge in [0.1, 0.15) is 17.3 Å². The Labute approximate surface area is 119 Å². The van der Waals surface area contributed by atoms with Crippen LogP contribution in [0.15, 0.2) is 24.3 Å². The van der Waals surface area contributed by atoms with E-state index in [9.17, 15) is 0 Å². The molecule has 0 bridgehead atoms. The lowest BCUT2D eigenvalue weighted by atomic mass is 10.2. The lowest BCUT2D eigenvalue weighted by Gasteiger charge is -2.11. The molecule has 0 unspecified atom stereocenters. The quantitative estimate of drug-likeness (QED) is 0.556. The highest BCUT2D eigenvalue weighted by Gasteiger charge is 2.04. The van der Waals surface area contributed by atoms with Crippen molar-refractivity contribution in [1.82, 2.24) is 0 Å². The zero-order valence-corrected chi connectivity index (χ0v) is 12.2. The second-order valence-electron chi connectivity index (χ2n) is 4.24. The van der Waals surface area contributed by atoms with Gasteiger partial charge in [0, 0.05) is 0 Å². The van der Waals surface area contributed by atoms with Crippen LogP contribution in [0.5, 0.6) is 5.75 Å². The van der Waals surface area contributed by atoms with Crippen LogP contribution in [0.4, 0.5) is 0 Å². The van der Waals surface area contributed by atoms with E-state index in [-0.39, 0.29) is 6.10 Å². The van der Waals surface area contributed by atoms with Crippen molar-refractivity contribution in [2.75, 3.05) is 26.4 Å². The maximum absolute atomic E-state index is 5.62. The molecule has 0 aliphatic carbocycles. The van der Waals surface area contributed by atoms with E-state index in [1.807, 2.05) is 38.1 Å². The predicted octanol–water partition coefficient (Wildman–Crippen LogP) is 2.14. The van der Waals surface area contributed by atoms with Gasteiger partial charge in [0.2, 0.25) is 0 Å². The smallest absolute Gasteiger partial charge is 0.129 e. The highest BCUT2D eigenvalue weighted by molar-refractivity contribution is 7.80. The molecule has 1 aromatic rings. The van der Waals surface area contributed by atoms with Gasteiger partial charge in [-0.05, 0) is 26.0 Å². The third-order valence-corrected chi connectivity index (χ3v) is 2.54. The van der Waals surface area contributed by atoms with Gasteiger partial charge in [-0.3, -0.25) is 0 Å². The first-order valence-corrected chi connectivity index (χ1v) is 6.73. The summed E-state index contributed by atoms with van der Waals surface area (Å²) in [7, 11) is 0. The first-order chi connectivity index (χ1) is 9.11. The molecule has 0 aliphatic rings. The van der Waals surface area contributed by atoms with Gasteiger partial charge >= 0.3 is 0 Å². The van der Waals surface area contributed by atoms with E-state index >= 15 is 0 Å². The fourth-order valence-corrected chi connectivity index (χ4v) is 1.62. The number of nitrogens with two attached hydrogens (primary N) is 1. The van der Waals surface area contributed by atoms with Crippen molar-refractivity contribution in [2.45, 2.75) is 20.0 Å². The van der Waals surface area contributed by atoms with Gasteiger partial charge in [0.15, 0.2) is 0 Å². The Kier molecular flexibility index (Phi) is 7.40. The van der Waals surface area contributed by atoms with Crippen LogP contribution in [0, 0.1) is 0 Å². The normalized spacial score (nSPS) is 10.7. The molecule has 1 rings (SSSR count). The maximum Gasteiger partial charge on any atom is 0.129 e. The average molecular weight is 283 g/mol. The number of para-hydroxylation sites is 1. The molecule has 1 aromatic carbocycles. The first-order valence-electron chi connectivity index (χ1n) is 6.32. The van der Waals surface area contributed by atoms with Gasteiger partial charge < -0.3 is 19.9 Å². The van der Waals surface area contributed by atoms with Crippen LogP contribution >= 0.6 is 12.2 Å². The number of hydrogen-bond donors (Lipinski definition) is 1. The Balaban J connectivity index is 2.21. The van der Waals surface area contributed by atoms with Crippen LogP contribution < -0.4 is 10.5 Å². The summed E-state index contributed by atoms with van der Waals surface area (Å²) in [6, 6.07) is 7.45. The highest BCUT2D eigenvalue weighted by atomic mass is 32.1. The Morgan fingerprint density at radius 1 is 1.16 bits per heavy atom. The predicted molar refractivity (Wildman–Crippen MR) is 79.7 cm³/mol. The standard InChI is InChI=1S/C14H21NO3S/c1-11(2)17-9-7-16-8-10-18-13-6-4-3-5-12(13)14(15)19/h3-6,11H,7-10H2,1-2H3,(H2,15,19). The van der Waals surface area contributed by atoms with Crippen LogP contribution in [-0.2, 0) is 9.47 Å². The minimum Gasteiger partial charge on any atom is -0.490 e. The average Bonchev–Trinajstić information content (AvgIpc) is 2.37. The molecule has 4 nitrogen and oxygen atoms in total. The Bertz CT molecular complexity index is 396. The maximum atomic E-state index is 5.62. The fourth-order valence-electron chi connectivity index (χ4n) is 1.45. The summed E-state index contributed by atoms with van der Waals surface area (Å²) < 4.78 is 16.3. The van der Waals surface area contributed by atoms with E-state index < -0.39 is 0 Å². The van der Waals surface area contributed by atoms with Crippen LogP contribution in [-0.4, -0.2) is 37.5 Å². The summed E-state index contributed by atoms with van der Waals surface area (Å²) >= 11 is 4.96. The third kappa shape index (κ3) is 6.52. The van der Waals surface area contributed by atoms with Gasteiger partial charge in [-0.2, -0.15) is 0 Å². The van der Waals surface area contributed by atoms with Gasteiger partial charge in [0.25, 0.3) is 0 Å². The summed E-state index contributed by atoms with van der Waals surface area (Å²) in [5, 5.41) is 0. The van der Waals surface area contributed by atoms with E-state index in [0.29, 0.717) is 37.2 Å². The molecule has 0 saturated heterocycles. The van der Waals surface area contributed by atoms with Crippen molar-refractivity contribution in [1.29, 1.82) is 0 Å². The Hall–Kier alpha value is -1.17. The Morgan fingerprint density at radius 2 is 1.84 bits per heavy atom. The zero-order valence-electron chi connectivity index (χ0n) is 11.4. The molecular formula is C14H21NO3S. The molecule has 0 heterocycles. The summed E-state index contributed by atoms with van der Waals surface area (Å²) in [4.78, 5) is 0.335. The topological polar surface area (TPSA) is 53.7 Å². The summed E-state index contributed by atoms with van der Waals surface area (Å²) in [6.07, 6.45) is 0.234. The zero-order chi connectivity index (χ0) is 14.1. The molecule has 0 atom stereocenters. The number of benzene rings is 1. The summed E-state index contributed by atoms with van der Waals surface area (Å²) in [5.41, 5.74) is 6.37. The van der Waals surface area contributed by atoms with Crippen molar-refractivity contribution in [3.8, 4) is 5.75 Å². The van der Waals surface area contributed by atoms with Gasteiger partial charge in [0.05, 0.1) is 31.5 Å². The Morgan fingerprint density at radius 3 is 2.53 bits per heavy atom. The summed E-state index contributed by atoms with van der Waals surface area (Å²) in [5.74, 6) is 0.692. The van der Waals surface area contributed by atoms with Crippen molar-refractivity contribution in [3.05, 3.63) is 29.8 Å². The second-order valence-corrected chi connectivity index (χ2v) is 4.68. The first kappa shape index (κ1) is 15.9. The van der Waals surface area contributed by atoms with Crippen LogP contribution in [0.1, 0.15) is 19.4 Å². The van der Waals surface area contributed by atoms with Crippen molar-refractivity contribution in [2.24, 2.45) is 5.73 Å². The van der Waals surface area contributed by atoms with Gasteiger partial charge in [-0.15, -0.1) is 0 Å². The van der Waals surface area contributed by atoms with Gasteiger partial charge in [-0.1, -0.05) is 24.4 Å². The molecule has 19 heavy (non-hydrogen) atoms. The van der Waals surface area contributed by atoms with E-state index in [1.54, 1.807) is 0 Å². The monoisotopic (exact) mass is 283 g/mol. The van der Waals surface area contributed by atoms with Crippen LogP contribution in [0.3, 0.4) is 0 Å². The molecule has 0 spiro atoms. The minimum atomic E-state index is 0.234. The SMILES string of the molecule is CC(C)OCCOCCOc1ccccc1C(N)=S. The van der Waals surface area contributed by atoms with Crippen LogP contribution in [0.2, 0.25) is 0 Å². The van der Waals surface area contributed by atoms with Crippen LogP contribution in [0.25, 0.3) is 0 Å². The largest absolute Gasteiger partial charge is 0.490 e. The lowest BCUT2D eigenvalue weighted by Crippen LogP contribution is -2.15. The lowest BCUT2D eigenvalue weighted by molar-refractivity contribution is 0.0124. The molecule has 0 aromatic heterocycles. The van der Waals surface area contributed by atoms with E-state index in [1.165, 1.54) is 0 Å². The molecule has 0 aliphatic heterocycles. The molecule has 2 N–H and O–H groups in total. The number of hydrogen-bond acceptors (Lipinski definition) is 4. The number of rotatable bonds is 9. The number of ether oxygens (including phenoxy) is 3. The second kappa shape index (κ2) is 8.85.